The number of nitrogens with zero attached hydrogens (tertiary/aromatic N) is 2. The highest BCUT2D eigenvalue weighted by Gasteiger charge is 2.43. The smallest absolute Gasteiger partial charge is 0.335 e. The van der Waals surface area contributed by atoms with E-state index in [1.807, 2.05) is 48.7 Å². The van der Waals surface area contributed by atoms with Crippen LogP contribution in [0.25, 0.3) is 11.1 Å². The first kappa shape index (κ1) is 25.0. The second-order valence-corrected chi connectivity index (χ2v) is 10.5. The summed E-state index contributed by atoms with van der Waals surface area (Å²) in [7, 11) is 0. The van der Waals surface area contributed by atoms with Crippen molar-refractivity contribution in [3.8, 4) is 11.1 Å². The molecule has 1 amide bonds. The molecule has 39 heavy (non-hydrogen) atoms. The number of fused-ring (bicyclic) bond motifs is 1. The van der Waals surface area contributed by atoms with Crippen LogP contribution in [0.4, 0.5) is 0 Å². The van der Waals surface area contributed by atoms with Gasteiger partial charge in [0, 0.05) is 38.3 Å². The number of rotatable bonds is 8. The molecule has 6 rings (SSSR count). The molecule has 0 spiro atoms. The summed E-state index contributed by atoms with van der Waals surface area (Å²) < 4.78 is 0. The maximum absolute atomic E-state index is 13.0. The first-order chi connectivity index (χ1) is 19.1. The van der Waals surface area contributed by atoms with Gasteiger partial charge >= 0.3 is 5.97 Å². The summed E-state index contributed by atoms with van der Waals surface area (Å²) in [6, 6.07) is 27.6. The van der Waals surface area contributed by atoms with Gasteiger partial charge in [-0.25, -0.2) is 4.79 Å². The van der Waals surface area contributed by atoms with E-state index in [2.05, 4.69) is 39.5 Å². The maximum Gasteiger partial charge on any atom is 0.335 e. The lowest BCUT2D eigenvalue weighted by atomic mass is 9.87. The molecule has 0 bridgehead atoms. The summed E-state index contributed by atoms with van der Waals surface area (Å²) in [6.45, 7) is 2.86. The quantitative estimate of drug-likeness (QED) is 0.326. The van der Waals surface area contributed by atoms with Gasteiger partial charge in [0.1, 0.15) is 0 Å². The van der Waals surface area contributed by atoms with Gasteiger partial charge in [-0.15, -0.1) is 0 Å². The van der Waals surface area contributed by atoms with Crippen LogP contribution in [0.5, 0.6) is 0 Å². The molecule has 196 valence electrons. The zero-order valence-electron chi connectivity index (χ0n) is 21.7. The highest BCUT2D eigenvalue weighted by molar-refractivity contribution is 5.89. The fourth-order valence-electron chi connectivity index (χ4n) is 5.77. The SMILES string of the molecule is O=C(O)c1cccc(-c2ccc(CNC(=O)[C@@H]3C[C@@H]3c3ccccc3)c3c2CCN(Cc2ccccn2)C3)c1. The maximum atomic E-state index is 13.0. The van der Waals surface area contributed by atoms with E-state index >= 15 is 0 Å². The Labute approximate surface area is 228 Å². The Morgan fingerprint density at radius 3 is 2.59 bits per heavy atom. The Morgan fingerprint density at radius 1 is 0.949 bits per heavy atom. The predicted octanol–water partition coefficient (Wildman–Crippen LogP) is 5.43. The number of carboxylic acid groups (broad SMARTS) is 1. The third kappa shape index (κ3) is 5.47. The van der Waals surface area contributed by atoms with Gasteiger partial charge in [0.25, 0.3) is 0 Å². The summed E-state index contributed by atoms with van der Waals surface area (Å²) in [5.41, 5.74) is 8.06. The first-order valence-corrected chi connectivity index (χ1v) is 13.5. The number of nitrogens with one attached hydrogen (secondary N) is 1. The number of aromatic carboxylic acids is 1. The summed E-state index contributed by atoms with van der Waals surface area (Å²) in [6.07, 6.45) is 3.56. The van der Waals surface area contributed by atoms with E-state index in [1.54, 1.807) is 18.2 Å². The molecular weight excluding hydrogens is 486 g/mol. The molecular formula is C33H31N3O3. The normalized spacial score (nSPS) is 18.3. The van der Waals surface area contributed by atoms with E-state index in [0.717, 1.165) is 54.9 Å². The van der Waals surface area contributed by atoms with E-state index in [9.17, 15) is 14.7 Å². The second kappa shape index (κ2) is 10.8. The number of carbonyl (C=O) groups excluding carboxylic acids is 1. The van der Waals surface area contributed by atoms with Crippen LogP contribution < -0.4 is 5.32 Å². The number of hydrogen-bond acceptors (Lipinski definition) is 4. The number of aromatic nitrogens is 1. The van der Waals surface area contributed by atoms with Crippen molar-refractivity contribution >= 4 is 11.9 Å². The zero-order chi connectivity index (χ0) is 26.8. The fraction of sp³-hybridized carbons (Fsp3) is 0.242. The Balaban J connectivity index is 1.25. The highest BCUT2D eigenvalue weighted by Crippen LogP contribution is 2.47. The van der Waals surface area contributed by atoms with Gasteiger partial charge in [0.05, 0.1) is 11.3 Å². The van der Waals surface area contributed by atoms with Crippen LogP contribution in [0.3, 0.4) is 0 Å². The summed E-state index contributed by atoms with van der Waals surface area (Å²) in [4.78, 5) is 31.5. The standard InChI is InChI=1S/C33H31N3O3/c37-32(30-18-29(30)22-7-2-1-3-8-22)35-19-25-12-13-27(23-9-6-10-24(17-23)33(38)39)28-14-16-36(21-31(25)28)20-26-11-4-5-15-34-26/h1-13,15,17,29-30H,14,16,18-21H2,(H,35,37)(H,38,39)/t29-,30-/m1/s1. The van der Waals surface area contributed by atoms with Gasteiger partial charge in [0.2, 0.25) is 5.91 Å². The van der Waals surface area contributed by atoms with Gasteiger partial charge < -0.3 is 10.4 Å². The van der Waals surface area contributed by atoms with Gasteiger partial charge in [-0.05, 0) is 76.4 Å². The lowest BCUT2D eigenvalue weighted by molar-refractivity contribution is -0.122. The van der Waals surface area contributed by atoms with E-state index < -0.39 is 5.97 Å². The molecule has 2 aliphatic rings. The Hall–Kier alpha value is -4.29. The van der Waals surface area contributed by atoms with E-state index in [-0.39, 0.29) is 17.4 Å². The van der Waals surface area contributed by atoms with Crippen LogP contribution >= 0.6 is 0 Å². The molecule has 0 saturated heterocycles. The monoisotopic (exact) mass is 517 g/mol. The van der Waals surface area contributed by atoms with Crippen molar-refractivity contribution in [3.05, 3.63) is 125 Å². The lowest BCUT2D eigenvalue weighted by Gasteiger charge is -2.32. The lowest BCUT2D eigenvalue weighted by Crippen LogP contribution is -2.33. The first-order valence-electron chi connectivity index (χ1n) is 13.5. The van der Waals surface area contributed by atoms with Crippen LogP contribution in [0.15, 0.2) is 91.1 Å². The van der Waals surface area contributed by atoms with Crippen molar-refractivity contribution in [1.29, 1.82) is 0 Å². The fourth-order valence-corrected chi connectivity index (χ4v) is 5.77. The summed E-state index contributed by atoms with van der Waals surface area (Å²) in [5, 5.41) is 12.7. The molecule has 3 aromatic carbocycles. The molecule has 0 unspecified atom stereocenters. The molecule has 0 radical (unpaired) electrons. The molecule has 1 fully saturated rings. The van der Waals surface area contributed by atoms with Crippen LogP contribution in [0.2, 0.25) is 0 Å². The third-order valence-electron chi connectivity index (χ3n) is 7.93. The molecule has 6 heteroatoms. The van der Waals surface area contributed by atoms with Crippen molar-refractivity contribution < 1.29 is 14.7 Å². The minimum Gasteiger partial charge on any atom is -0.478 e. The molecule has 4 aromatic rings. The Bertz CT molecular complexity index is 1500. The van der Waals surface area contributed by atoms with E-state index in [1.165, 1.54) is 16.7 Å². The van der Waals surface area contributed by atoms with E-state index in [0.29, 0.717) is 12.5 Å². The van der Waals surface area contributed by atoms with Crippen LogP contribution in [0.1, 0.15) is 50.6 Å². The molecule has 1 aliphatic heterocycles. The molecule has 2 heterocycles. The molecule has 1 aliphatic carbocycles. The van der Waals surface area contributed by atoms with Gasteiger partial charge in [0.15, 0.2) is 0 Å². The predicted molar refractivity (Wildman–Crippen MR) is 150 cm³/mol. The van der Waals surface area contributed by atoms with Crippen LogP contribution in [-0.4, -0.2) is 33.4 Å². The number of carboxylic acids is 1. The van der Waals surface area contributed by atoms with Crippen molar-refractivity contribution in [2.45, 2.75) is 38.4 Å². The average molecular weight is 518 g/mol. The Morgan fingerprint density at radius 2 is 1.79 bits per heavy atom. The van der Waals surface area contributed by atoms with Crippen molar-refractivity contribution in [3.63, 3.8) is 0 Å². The highest BCUT2D eigenvalue weighted by atomic mass is 16.4. The average Bonchev–Trinajstić information content (AvgIpc) is 3.78. The minimum absolute atomic E-state index is 0.0295. The number of amides is 1. The van der Waals surface area contributed by atoms with Crippen LogP contribution in [0, 0.1) is 5.92 Å². The van der Waals surface area contributed by atoms with Crippen molar-refractivity contribution in [1.82, 2.24) is 15.2 Å². The van der Waals surface area contributed by atoms with Crippen LogP contribution in [-0.2, 0) is 30.8 Å². The van der Waals surface area contributed by atoms with Gasteiger partial charge in [-0.3, -0.25) is 14.7 Å². The number of hydrogen-bond donors (Lipinski definition) is 2. The van der Waals surface area contributed by atoms with Crippen molar-refractivity contribution in [2.75, 3.05) is 6.54 Å². The summed E-state index contributed by atoms with van der Waals surface area (Å²) in [5.74, 6) is -0.489. The minimum atomic E-state index is -0.930. The van der Waals surface area contributed by atoms with Gasteiger partial charge in [-0.1, -0.05) is 60.7 Å². The number of carbonyl (C=O) groups is 2. The molecule has 1 saturated carbocycles. The molecule has 2 N–H and O–H groups in total. The number of benzene rings is 3. The summed E-state index contributed by atoms with van der Waals surface area (Å²) >= 11 is 0. The third-order valence-corrected chi connectivity index (χ3v) is 7.93. The molecule has 2 atom stereocenters. The topological polar surface area (TPSA) is 82.5 Å². The Kier molecular flexibility index (Phi) is 6.95. The largest absolute Gasteiger partial charge is 0.478 e. The second-order valence-electron chi connectivity index (χ2n) is 10.5. The van der Waals surface area contributed by atoms with Crippen molar-refractivity contribution in [2.24, 2.45) is 5.92 Å². The zero-order valence-corrected chi connectivity index (χ0v) is 21.7. The van der Waals surface area contributed by atoms with Gasteiger partial charge in [-0.2, -0.15) is 0 Å². The molecule has 6 nitrogen and oxygen atoms in total. The number of pyridine rings is 1. The van der Waals surface area contributed by atoms with E-state index in [4.69, 9.17) is 0 Å². The molecule has 1 aromatic heterocycles.